The molecule has 0 unspecified atom stereocenters. The van der Waals surface area contributed by atoms with Crippen LogP contribution in [0.4, 0.5) is 4.39 Å². The summed E-state index contributed by atoms with van der Waals surface area (Å²) < 4.78 is 25.1. The molecule has 0 spiro atoms. The van der Waals surface area contributed by atoms with Gasteiger partial charge in [0.1, 0.15) is 11.6 Å². The second kappa shape index (κ2) is 8.81. The summed E-state index contributed by atoms with van der Waals surface area (Å²) in [5.41, 5.74) is 0.349. The molecule has 1 aromatic heterocycles. The van der Waals surface area contributed by atoms with Gasteiger partial charge in [-0.05, 0) is 43.5 Å². The number of furan rings is 1. The number of hydrogen-bond acceptors (Lipinski definition) is 3. The van der Waals surface area contributed by atoms with Crippen LogP contribution in [-0.2, 0) is 4.74 Å². The molecule has 1 aliphatic rings. The summed E-state index contributed by atoms with van der Waals surface area (Å²) in [6, 6.07) is 9.51. The Morgan fingerprint density at radius 2 is 1.96 bits per heavy atom. The second-order valence-electron chi connectivity index (χ2n) is 6.38. The van der Waals surface area contributed by atoms with E-state index in [9.17, 15) is 9.18 Å². The number of halogens is 1. The third-order valence-electron chi connectivity index (χ3n) is 4.48. The summed E-state index contributed by atoms with van der Waals surface area (Å²) in [5, 5.41) is 2.81. The molecule has 2 aromatic rings. The van der Waals surface area contributed by atoms with Crippen molar-refractivity contribution in [2.75, 3.05) is 13.2 Å². The van der Waals surface area contributed by atoms with E-state index in [1.807, 2.05) is 0 Å². The van der Waals surface area contributed by atoms with Crippen LogP contribution in [0.2, 0.25) is 0 Å². The lowest BCUT2D eigenvalue weighted by atomic mass is 9.98. The van der Waals surface area contributed by atoms with Crippen LogP contribution in [0.25, 0.3) is 11.3 Å². The van der Waals surface area contributed by atoms with Gasteiger partial charge in [-0.1, -0.05) is 31.4 Å². The van der Waals surface area contributed by atoms with E-state index in [4.69, 9.17) is 9.15 Å². The Morgan fingerprint density at radius 3 is 2.76 bits per heavy atom. The van der Waals surface area contributed by atoms with E-state index in [0.717, 1.165) is 19.3 Å². The zero-order valence-electron chi connectivity index (χ0n) is 14.3. The highest BCUT2D eigenvalue weighted by Crippen LogP contribution is 2.24. The Balaban J connectivity index is 1.42. The molecule has 134 valence electrons. The zero-order chi connectivity index (χ0) is 17.5. The first kappa shape index (κ1) is 17.7. The minimum absolute atomic E-state index is 0.187. The fourth-order valence-corrected chi connectivity index (χ4v) is 3.11. The first-order valence-electron chi connectivity index (χ1n) is 8.98. The average molecular weight is 345 g/mol. The largest absolute Gasteiger partial charge is 0.451 e. The van der Waals surface area contributed by atoms with Crippen LogP contribution in [-0.4, -0.2) is 25.2 Å². The lowest BCUT2D eigenvalue weighted by Gasteiger charge is -2.21. The average Bonchev–Trinajstić information content (AvgIpc) is 3.12. The molecule has 0 bridgehead atoms. The maximum Gasteiger partial charge on any atom is 0.287 e. The first-order valence-corrected chi connectivity index (χ1v) is 8.98. The highest BCUT2D eigenvalue weighted by atomic mass is 19.1. The van der Waals surface area contributed by atoms with Crippen LogP contribution in [0.3, 0.4) is 0 Å². The Hall–Kier alpha value is -2.14. The fourth-order valence-electron chi connectivity index (χ4n) is 3.11. The molecular weight excluding hydrogens is 321 g/mol. The van der Waals surface area contributed by atoms with Crippen molar-refractivity contribution in [3.8, 4) is 11.3 Å². The number of amides is 1. The molecular formula is C20H24FNO3. The van der Waals surface area contributed by atoms with Gasteiger partial charge in [-0.25, -0.2) is 4.39 Å². The van der Waals surface area contributed by atoms with Gasteiger partial charge in [0.2, 0.25) is 0 Å². The minimum Gasteiger partial charge on any atom is -0.451 e. The summed E-state index contributed by atoms with van der Waals surface area (Å²) >= 11 is 0. The van der Waals surface area contributed by atoms with Crippen LogP contribution in [0.1, 0.15) is 49.1 Å². The number of ether oxygens (including phenoxy) is 1. The molecule has 0 saturated heterocycles. The molecule has 0 atom stereocenters. The van der Waals surface area contributed by atoms with Crippen molar-refractivity contribution in [3.05, 3.63) is 48.0 Å². The van der Waals surface area contributed by atoms with Crippen molar-refractivity contribution in [2.45, 2.75) is 44.6 Å². The van der Waals surface area contributed by atoms with Gasteiger partial charge in [0.15, 0.2) is 5.76 Å². The summed E-state index contributed by atoms with van der Waals surface area (Å²) in [6.45, 7) is 1.19. The van der Waals surface area contributed by atoms with Crippen molar-refractivity contribution in [2.24, 2.45) is 0 Å². The third kappa shape index (κ3) is 4.92. The van der Waals surface area contributed by atoms with Gasteiger partial charge >= 0.3 is 0 Å². The Bertz CT molecular complexity index is 692. The van der Waals surface area contributed by atoms with Crippen molar-refractivity contribution >= 4 is 5.91 Å². The number of nitrogens with one attached hydrogen (secondary N) is 1. The normalized spacial score (nSPS) is 15.2. The summed E-state index contributed by atoms with van der Waals surface area (Å²) in [7, 11) is 0. The second-order valence-corrected chi connectivity index (χ2v) is 6.38. The molecule has 1 aromatic carbocycles. The number of carbonyl (C=O) groups is 1. The lowest BCUT2D eigenvalue weighted by Crippen LogP contribution is -2.25. The molecule has 1 N–H and O–H groups in total. The topological polar surface area (TPSA) is 51.5 Å². The molecule has 0 radical (unpaired) electrons. The summed E-state index contributed by atoms with van der Waals surface area (Å²) in [6.07, 6.45) is 7.28. The first-order chi connectivity index (χ1) is 12.2. The highest BCUT2D eigenvalue weighted by molar-refractivity contribution is 5.92. The van der Waals surface area contributed by atoms with E-state index >= 15 is 0 Å². The molecule has 1 amide bonds. The van der Waals surface area contributed by atoms with Crippen molar-refractivity contribution in [3.63, 3.8) is 0 Å². The quantitative estimate of drug-likeness (QED) is 0.749. The van der Waals surface area contributed by atoms with Crippen LogP contribution in [0.15, 0.2) is 40.8 Å². The molecule has 1 heterocycles. The van der Waals surface area contributed by atoms with Crippen LogP contribution < -0.4 is 5.32 Å². The number of rotatable bonds is 7. The van der Waals surface area contributed by atoms with E-state index in [-0.39, 0.29) is 17.5 Å². The van der Waals surface area contributed by atoms with E-state index in [1.54, 1.807) is 30.3 Å². The monoisotopic (exact) mass is 345 g/mol. The minimum atomic E-state index is -0.372. The van der Waals surface area contributed by atoms with Crippen molar-refractivity contribution < 1.29 is 18.3 Å². The number of benzene rings is 1. The summed E-state index contributed by atoms with van der Waals surface area (Å²) in [4.78, 5) is 12.1. The van der Waals surface area contributed by atoms with Crippen molar-refractivity contribution in [1.82, 2.24) is 5.32 Å². The number of hydrogen-bond donors (Lipinski definition) is 1. The van der Waals surface area contributed by atoms with E-state index in [0.29, 0.717) is 30.6 Å². The van der Waals surface area contributed by atoms with E-state index in [1.165, 1.54) is 25.3 Å². The maximum atomic E-state index is 13.8. The Morgan fingerprint density at radius 1 is 1.16 bits per heavy atom. The molecule has 25 heavy (non-hydrogen) atoms. The van der Waals surface area contributed by atoms with Gasteiger partial charge in [-0.3, -0.25) is 4.79 Å². The van der Waals surface area contributed by atoms with Gasteiger partial charge in [0.05, 0.1) is 11.7 Å². The zero-order valence-corrected chi connectivity index (χ0v) is 14.3. The molecule has 1 saturated carbocycles. The molecule has 5 heteroatoms. The third-order valence-corrected chi connectivity index (χ3v) is 4.48. The van der Waals surface area contributed by atoms with E-state index < -0.39 is 0 Å². The van der Waals surface area contributed by atoms with Gasteiger partial charge < -0.3 is 14.5 Å². The highest BCUT2D eigenvalue weighted by Gasteiger charge is 2.15. The molecule has 1 fully saturated rings. The Kier molecular flexibility index (Phi) is 6.23. The Labute approximate surface area is 147 Å². The summed E-state index contributed by atoms with van der Waals surface area (Å²) in [5.74, 6) is -0.126. The van der Waals surface area contributed by atoms with Crippen LogP contribution >= 0.6 is 0 Å². The molecule has 1 aliphatic carbocycles. The van der Waals surface area contributed by atoms with E-state index in [2.05, 4.69) is 5.32 Å². The fraction of sp³-hybridized carbons (Fsp3) is 0.450. The lowest BCUT2D eigenvalue weighted by molar-refractivity contribution is 0.0273. The smallest absolute Gasteiger partial charge is 0.287 e. The van der Waals surface area contributed by atoms with Gasteiger partial charge in [0.25, 0.3) is 5.91 Å². The SMILES string of the molecule is O=C(NCCCOC1CCCCC1)c1ccc(-c2ccccc2F)o1. The molecule has 0 aliphatic heterocycles. The predicted molar refractivity (Wildman–Crippen MR) is 93.9 cm³/mol. The van der Waals surface area contributed by atoms with Gasteiger partial charge in [0, 0.05) is 13.2 Å². The van der Waals surface area contributed by atoms with Gasteiger partial charge in [-0.2, -0.15) is 0 Å². The van der Waals surface area contributed by atoms with Crippen LogP contribution in [0.5, 0.6) is 0 Å². The number of carbonyl (C=O) groups excluding carboxylic acids is 1. The predicted octanol–water partition coefficient (Wildman–Crippen LogP) is 4.55. The van der Waals surface area contributed by atoms with Gasteiger partial charge in [-0.15, -0.1) is 0 Å². The molecule has 4 nitrogen and oxygen atoms in total. The molecule has 3 rings (SSSR count). The van der Waals surface area contributed by atoms with Crippen LogP contribution in [0, 0.1) is 5.82 Å². The maximum absolute atomic E-state index is 13.8. The van der Waals surface area contributed by atoms with Crippen molar-refractivity contribution in [1.29, 1.82) is 0 Å². The standard InChI is InChI=1S/C20H24FNO3/c21-17-10-5-4-9-16(17)18-11-12-19(25-18)20(23)22-13-6-14-24-15-7-2-1-3-8-15/h4-5,9-12,15H,1-3,6-8,13-14H2,(H,22,23).